The molecule has 0 saturated carbocycles. The van der Waals surface area contributed by atoms with Crippen LogP contribution in [0.25, 0.3) is 10.8 Å². The summed E-state index contributed by atoms with van der Waals surface area (Å²) in [4.78, 5) is 24.3. The van der Waals surface area contributed by atoms with Gasteiger partial charge in [0, 0.05) is 10.4 Å². The molecule has 2 N–H and O–H groups in total. The van der Waals surface area contributed by atoms with Crippen LogP contribution in [0, 0.1) is 0 Å². The summed E-state index contributed by atoms with van der Waals surface area (Å²) in [5.41, 5.74) is 0.758. The zero-order valence-electron chi connectivity index (χ0n) is 12.3. The molecule has 3 rings (SSSR count). The zero-order chi connectivity index (χ0) is 16.4. The van der Waals surface area contributed by atoms with Crippen molar-refractivity contribution in [2.24, 2.45) is 0 Å². The van der Waals surface area contributed by atoms with Gasteiger partial charge in [0.05, 0.1) is 11.4 Å². The number of carbonyl (C=O) groups is 1. The van der Waals surface area contributed by atoms with Gasteiger partial charge in [0.1, 0.15) is 0 Å². The van der Waals surface area contributed by atoms with Gasteiger partial charge in [-0.1, -0.05) is 41.9 Å². The molecule has 0 unspecified atom stereocenters. The van der Waals surface area contributed by atoms with Gasteiger partial charge < -0.3 is 5.32 Å². The average Bonchev–Trinajstić information content (AvgIpc) is 2.55. The van der Waals surface area contributed by atoms with Crippen molar-refractivity contribution in [3.63, 3.8) is 0 Å². The van der Waals surface area contributed by atoms with Crippen LogP contribution in [0.2, 0.25) is 5.02 Å². The average molecular weight is 328 g/mol. The molecule has 1 amide bonds. The van der Waals surface area contributed by atoms with E-state index in [0.29, 0.717) is 15.8 Å². The summed E-state index contributed by atoms with van der Waals surface area (Å²) < 4.78 is 0. The fourth-order valence-electron chi connectivity index (χ4n) is 2.41. The number of amides is 1. The van der Waals surface area contributed by atoms with Crippen molar-refractivity contribution in [1.82, 2.24) is 15.5 Å². The molecule has 0 aliphatic carbocycles. The molecule has 0 bridgehead atoms. The Balaban J connectivity index is 1.92. The Morgan fingerprint density at radius 3 is 2.65 bits per heavy atom. The summed E-state index contributed by atoms with van der Waals surface area (Å²) in [5.74, 6) is -0.357. The van der Waals surface area contributed by atoms with Crippen molar-refractivity contribution in [2.75, 3.05) is 0 Å². The van der Waals surface area contributed by atoms with E-state index in [9.17, 15) is 9.59 Å². The molecule has 0 saturated heterocycles. The highest BCUT2D eigenvalue weighted by Gasteiger charge is 2.16. The number of rotatable bonds is 3. The Kier molecular flexibility index (Phi) is 4.12. The second-order valence-electron chi connectivity index (χ2n) is 5.20. The Labute approximate surface area is 137 Å². The van der Waals surface area contributed by atoms with E-state index in [1.54, 1.807) is 36.4 Å². The second-order valence-corrected chi connectivity index (χ2v) is 5.63. The van der Waals surface area contributed by atoms with Crippen molar-refractivity contribution in [3.05, 3.63) is 75.2 Å². The Morgan fingerprint density at radius 2 is 1.91 bits per heavy atom. The number of nitrogens with one attached hydrogen (secondary N) is 2. The number of benzene rings is 2. The minimum absolute atomic E-state index is 0.189. The third kappa shape index (κ3) is 3.10. The normalized spacial score (nSPS) is 12.1. The van der Waals surface area contributed by atoms with Gasteiger partial charge in [0.15, 0.2) is 5.69 Å². The molecule has 1 atom stereocenters. The molecule has 0 fully saturated rings. The standard InChI is InChI=1S/C17H14ClN3O2/c1-10(11-5-4-6-12(18)9-11)19-17(23)15-13-7-2-3-8-14(13)16(22)21-20-15/h2-10H,1H3,(H,19,23)(H,21,22)/t10-/m1/s1. The number of halogens is 1. The van der Waals surface area contributed by atoms with E-state index in [4.69, 9.17) is 11.6 Å². The first-order chi connectivity index (χ1) is 11.1. The summed E-state index contributed by atoms with van der Waals surface area (Å²) in [6.45, 7) is 1.86. The van der Waals surface area contributed by atoms with Crippen LogP contribution in [0.3, 0.4) is 0 Å². The van der Waals surface area contributed by atoms with E-state index in [1.807, 2.05) is 19.1 Å². The Hall–Kier alpha value is -2.66. The monoisotopic (exact) mass is 327 g/mol. The number of fused-ring (bicyclic) bond motifs is 1. The van der Waals surface area contributed by atoms with E-state index in [2.05, 4.69) is 15.5 Å². The Morgan fingerprint density at radius 1 is 1.17 bits per heavy atom. The predicted octanol–water partition coefficient (Wildman–Crippen LogP) is 3.07. The fraction of sp³-hybridized carbons (Fsp3) is 0.118. The highest BCUT2D eigenvalue weighted by Crippen LogP contribution is 2.18. The minimum Gasteiger partial charge on any atom is -0.344 e. The van der Waals surface area contributed by atoms with Crippen LogP contribution in [-0.2, 0) is 0 Å². The molecule has 0 aliphatic heterocycles. The molecule has 0 spiro atoms. The fourth-order valence-corrected chi connectivity index (χ4v) is 2.61. The molecule has 23 heavy (non-hydrogen) atoms. The van der Waals surface area contributed by atoms with Crippen molar-refractivity contribution in [2.45, 2.75) is 13.0 Å². The largest absolute Gasteiger partial charge is 0.344 e. The number of hydrogen-bond donors (Lipinski definition) is 2. The summed E-state index contributed by atoms with van der Waals surface area (Å²) >= 11 is 5.97. The van der Waals surface area contributed by atoms with Crippen LogP contribution >= 0.6 is 11.6 Å². The molecule has 116 valence electrons. The quantitative estimate of drug-likeness (QED) is 0.776. The molecule has 3 aromatic rings. The highest BCUT2D eigenvalue weighted by molar-refractivity contribution is 6.30. The van der Waals surface area contributed by atoms with Crippen LogP contribution in [0.15, 0.2) is 53.3 Å². The molecule has 0 aliphatic rings. The first kappa shape index (κ1) is 15.2. The number of hydrogen-bond acceptors (Lipinski definition) is 3. The lowest BCUT2D eigenvalue weighted by Crippen LogP contribution is -2.29. The Bertz CT molecular complexity index is 936. The maximum absolute atomic E-state index is 12.5. The third-order valence-corrected chi connectivity index (χ3v) is 3.84. The van der Waals surface area contributed by atoms with Gasteiger partial charge in [0.2, 0.25) is 0 Å². The summed E-state index contributed by atoms with van der Waals surface area (Å²) in [6.07, 6.45) is 0. The predicted molar refractivity (Wildman–Crippen MR) is 89.7 cm³/mol. The lowest BCUT2D eigenvalue weighted by molar-refractivity contribution is 0.0935. The number of nitrogens with zero attached hydrogens (tertiary/aromatic N) is 1. The summed E-state index contributed by atoms with van der Waals surface area (Å²) in [5, 5.41) is 10.7. The zero-order valence-corrected chi connectivity index (χ0v) is 13.1. The lowest BCUT2D eigenvalue weighted by Gasteiger charge is -2.14. The summed E-state index contributed by atoms with van der Waals surface area (Å²) in [7, 11) is 0. The van der Waals surface area contributed by atoms with Gasteiger partial charge >= 0.3 is 0 Å². The molecular weight excluding hydrogens is 314 g/mol. The SMILES string of the molecule is C[C@@H](NC(=O)c1n[nH]c(=O)c2ccccc12)c1cccc(Cl)c1. The number of aromatic nitrogens is 2. The van der Waals surface area contributed by atoms with Crippen LogP contribution in [-0.4, -0.2) is 16.1 Å². The second kappa shape index (κ2) is 6.22. The van der Waals surface area contributed by atoms with Crippen LogP contribution in [0.1, 0.15) is 29.0 Å². The molecule has 2 aromatic carbocycles. The molecule has 1 heterocycles. The van der Waals surface area contributed by atoms with Crippen molar-refractivity contribution < 1.29 is 4.79 Å². The van der Waals surface area contributed by atoms with Gasteiger partial charge in [-0.3, -0.25) is 9.59 Å². The third-order valence-electron chi connectivity index (χ3n) is 3.61. The van der Waals surface area contributed by atoms with Crippen molar-refractivity contribution in [1.29, 1.82) is 0 Å². The topological polar surface area (TPSA) is 74.8 Å². The number of H-pyrrole nitrogens is 1. The first-order valence-corrected chi connectivity index (χ1v) is 7.48. The number of carbonyl (C=O) groups excluding carboxylic acids is 1. The van der Waals surface area contributed by atoms with E-state index >= 15 is 0 Å². The maximum Gasteiger partial charge on any atom is 0.272 e. The lowest BCUT2D eigenvalue weighted by atomic mass is 10.1. The molecule has 1 aromatic heterocycles. The molecule has 0 radical (unpaired) electrons. The number of aromatic amines is 1. The van der Waals surface area contributed by atoms with Gasteiger partial charge in [-0.15, -0.1) is 0 Å². The van der Waals surface area contributed by atoms with Gasteiger partial charge in [-0.25, -0.2) is 5.10 Å². The van der Waals surface area contributed by atoms with Gasteiger partial charge in [-0.2, -0.15) is 5.10 Å². The first-order valence-electron chi connectivity index (χ1n) is 7.10. The highest BCUT2D eigenvalue weighted by atomic mass is 35.5. The van der Waals surface area contributed by atoms with E-state index in [0.717, 1.165) is 5.56 Å². The van der Waals surface area contributed by atoms with Crippen LogP contribution in [0.5, 0.6) is 0 Å². The van der Waals surface area contributed by atoms with Crippen LogP contribution in [0.4, 0.5) is 0 Å². The molecule has 5 nitrogen and oxygen atoms in total. The van der Waals surface area contributed by atoms with E-state index in [-0.39, 0.29) is 23.2 Å². The van der Waals surface area contributed by atoms with E-state index < -0.39 is 0 Å². The smallest absolute Gasteiger partial charge is 0.272 e. The van der Waals surface area contributed by atoms with Gasteiger partial charge in [-0.05, 0) is 30.7 Å². The minimum atomic E-state index is -0.357. The van der Waals surface area contributed by atoms with Crippen LogP contribution < -0.4 is 10.9 Å². The molecule has 6 heteroatoms. The summed E-state index contributed by atoms with van der Waals surface area (Å²) in [6, 6.07) is 13.9. The van der Waals surface area contributed by atoms with Crippen molar-refractivity contribution in [3.8, 4) is 0 Å². The molecular formula is C17H14ClN3O2. The van der Waals surface area contributed by atoms with Gasteiger partial charge in [0.25, 0.3) is 11.5 Å². The van der Waals surface area contributed by atoms with Crippen molar-refractivity contribution >= 4 is 28.3 Å². The van der Waals surface area contributed by atoms with E-state index in [1.165, 1.54) is 0 Å². The maximum atomic E-state index is 12.5.